The molecular formula is C20H19N7S2. The highest BCUT2D eigenvalue weighted by Gasteiger charge is 2.29. The Balaban J connectivity index is 1.39. The van der Waals surface area contributed by atoms with Crippen molar-refractivity contribution in [1.29, 1.82) is 0 Å². The Kier molecular flexibility index (Phi) is 4.84. The van der Waals surface area contributed by atoms with Crippen molar-refractivity contribution in [1.82, 2.24) is 34.5 Å². The summed E-state index contributed by atoms with van der Waals surface area (Å²) in [6.07, 6.45) is 5.39. The van der Waals surface area contributed by atoms with Gasteiger partial charge in [0, 0.05) is 29.5 Å². The fourth-order valence-electron chi connectivity index (χ4n) is 3.50. The van der Waals surface area contributed by atoms with Gasteiger partial charge in [0.2, 0.25) is 0 Å². The summed E-state index contributed by atoms with van der Waals surface area (Å²) in [4.78, 5) is 4.22. The number of rotatable bonds is 5. The number of thioether (sulfide) groups is 2. The minimum Gasteiger partial charge on any atom is -0.297 e. The molecule has 1 atom stereocenters. The van der Waals surface area contributed by atoms with Crippen LogP contribution in [0.1, 0.15) is 17.2 Å². The van der Waals surface area contributed by atoms with E-state index in [0.29, 0.717) is 0 Å². The molecule has 0 saturated heterocycles. The number of hydrogen-bond acceptors (Lipinski definition) is 7. The van der Waals surface area contributed by atoms with Gasteiger partial charge in [-0.1, -0.05) is 41.2 Å². The topological polar surface area (TPSA) is 74.3 Å². The van der Waals surface area contributed by atoms with Crippen LogP contribution in [0.5, 0.6) is 0 Å². The Hall–Kier alpha value is -2.65. The van der Waals surface area contributed by atoms with Crippen molar-refractivity contribution < 1.29 is 0 Å². The van der Waals surface area contributed by atoms with Crippen LogP contribution in [0, 0.1) is 13.8 Å². The van der Waals surface area contributed by atoms with Crippen LogP contribution in [0.4, 0.5) is 0 Å². The van der Waals surface area contributed by atoms with Crippen molar-refractivity contribution in [3.05, 3.63) is 60.2 Å². The maximum absolute atomic E-state index is 4.40. The second kappa shape index (κ2) is 7.64. The average molecular weight is 422 g/mol. The van der Waals surface area contributed by atoms with Crippen LogP contribution in [-0.4, -0.2) is 46.0 Å². The van der Waals surface area contributed by atoms with Crippen LogP contribution in [0.25, 0.3) is 17.1 Å². The van der Waals surface area contributed by atoms with Crippen molar-refractivity contribution in [3.8, 4) is 17.1 Å². The monoisotopic (exact) mass is 421 g/mol. The molecule has 9 heteroatoms. The number of fused-ring (bicyclic) bond motifs is 1. The molecule has 0 radical (unpaired) electrons. The van der Waals surface area contributed by atoms with Gasteiger partial charge in [-0.15, -0.1) is 20.4 Å². The molecule has 0 bridgehead atoms. The second-order valence-corrected chi connectivity index (χ2v) is 8.94. The maximum Gasteiger partial charge on any atom is 0.195 e. The normalized spacial score (nSPS) is 15.6. The van der Waals surface area contributed by atoms with Gasteiger partial charge in [0.1, 0.15) is 6.33 Å². The highest BCUT2D eigenvalue weighted by molar-refractivity contribution is 8.00. The van der Waals surface area contributed by atoms with Crippen LogP contribution in [-0.2, 0) is 0 Å². The summed E-state index contributed by atoms with van der Waals surface area (Å²) in [5, 5.41) is 19.1. The lowest BCUT2D eigenvalue weighted by atomic mass is 10.1. The zero-order valence-electron chi connectivity index (χ0n) is 16.1. The van der Waals surface area contributed by atoms with Crippen LogP contribution in [0.3, 0.4) is 0 Å². The lowest BCUT2D eigenvalue weighted by Gasteiger charge is -2.15. The van der Waals surface area contributed by atoms with Gasteiger partial charge in [-0.25, -0.2) is 0 Å². The van der Waals surface area contributed by atoms with Gasteiger partial charge >= 0.3 is 0 Å². The molecule has 0 N–H and O–H groups in total. The number of hydrogen-bond donors (Lipinski definition) is 0. The highest BCUT2D eigenvalue weighted by Crippen LogP contribution is 2.38. The Morgan fingerprint density at radius 3 is 2.93 bits per heavy atom. The van der Waals surface area contributed by atoms with Crippen molar-refractivity contribution >= 4 is 23.5 Å². The lowest BCUT2D eigenvalue weighted by Crippen LogP contribution is -2.12. The van der Waals surface area contributed by atoms with Gasteiger partial charge in [0.15, 0.2) is 16.1 Å². The predicted octanol–water partition coefficient (Wildman–Crippen LogP) is 3.98. The van der Waals surface area contributed by atoms with Gasteiger partial charge in [-0.2, -0.15) is 0 Å². The first-order valence-electron chi connectivity index (χ1n) is 9.29. The molecule has 1 aromatic carbocycles. The molecule has 0 amide bonds. The van der Waals surface area contributed by atoms with Gasteiger partial charge in [0.25, 0.3) is 0 Å². The van der Waals surface area contributed by atoms with Gasteiger partial charge in [0.05, 0.1) is 11.7 Å². The molecule has 146 valence electrons. The first-order valence-corrected chi connectivity index (χ1v) is 11.3. The minimum atomic E-state index is 0.287. The van der Waals surface area contributed by atoms with Crippen molar-refractivity contribution in [2.24, 2.45) is 0 Å². The molecular weight excluding hydrogens is 402 g/mol. The molecule has 0 fully saturated rings. The highest BCUT2D eigenvalue weighted by atomic mass is 32.2. The average Bonchev–Trinajstić information content (AvgIpc) is 3.44. The third-order valence-electron chi connectivity index (χ3n) is 4.89. The van der Waals surface area contributed by atoms with E-state index in [1.54, 1.807) is 36.0 Å². The largest absolute Gasteiger partial charge is 0.297 e. The first kappa shape index (κ1) is 18.4. The summed E-state index contributed by atoms with van der Waals surface area (Å²) in [5.41, 5.74) is 4.56. The quantitative estimate of drug-likeness (QED) is 0.451. The Bertz CT molecular complexity index is 1150. The van der Waals surface area contributed by atoms with Crippen LogP contribution >= 0.6 is 23.5 Å². The van der Waals surface area contributed by atoms with Gasteiger partial charge in [-0.3, -0.25) is 14.1 Å². The fraction of sp³-hybridized carbons (Fsp3) is 0.250. The molecule has 5 rings (SSSR count). The van der Waals surface area contributed by atoms with E-state index in [2.05, 4.69) is 66.6 Å². The van der Waals surface area contributed by atoms with E-state index >= 15 is 0 Å². The first-order chi connectivity index (χ1) is 14.2. The lowest BCUT2D eigenvalue weighted by molar-refractivity contribution is 0.596. The van der Waals surface area contributed by atoms with Crippen LogP contribution < -0.4 is 0 Å². The molecule has 4 heterocycles. The van der Waals surface area contributed by atoms with Crippen LogP contribution in [0.15, 0.2) is 59.4 Å². The summed E-state index contributed by atoms with van der Waals surface area (Å²) in [7, 11) is 0. The SMILES string of the molecule is Cc1ccc(-n2cnnc2SCC2CSc3nnc(-c4cccnc4)n32)c(C)c1. The van der Waals surface area contributed by atoms with E-state index in [1.165, 1.54) is 11.1 Å². The molecule has 29 heavy (non-hydrogen) atoms. The number of aromatic nitrogens is 7. The minimum absolute atomic E-state index is 0.287. The molecule has 0 spiro atoms. The Morgan fingerprint density at radius 2 is 2.10 bits per heavy atom. The van der Waals surface area contributed by atoms with Crippen LogP contribution in [0.2, 0.25) is 0 Å². The fourth-order valence-corrected chi connectivity index (χ4v) is 5.73. The van der Waals surface area contributed by atoms with E-state index in [-0.39, 0.29) is 6.04 Å². The predicted molar refractivity (Wildman–Crippen MR) is 115 cm³/mol. The van der Waals surface area contributed by atoms with Gasteiger partial charge in [-0.05, 0) is 37.6 Å². The van der Waals surface area contributed by atoms with Crippen molar-refractivity contribution in [2.75, 3.05) is 11.5 Å². The molecule has 3 aromatic heterocycles. The summed E-state index contributed by atoms with van der Waals surface area (Å²) in [6.45, 7) is 4.22. The van der Waals surface area contributed by atoms with Crippen molar-refractivity contribution in [2.45, 2.75) is 30.2 Å². The van der Waals surface area contributed by atoms with Crippen molar-refractivity contribution in [3.63, 3.8) is 0 Å². The summed E-state index contributed by atoms with van der Waals surface area (Å²) in [5.74, 6) is 2.72. The van der Waals surface area contributed by atoms with E-state index in [1.807, 2.05) is 18.3 Å². The molecule has 1 unspecified atom stereocenters. The van der Waals surface area contributed by atoms with Gasteiger partial charge < -0.3 is 0 Å². The number of nitrogens with zero attached hydrogens (tertiary/aromatic N) is 7. The zero-order valence-corrected chi connectivity index (χ0v) is 17.7. The van der Waals surface area contributed by atoms with E-state index in [9.17, 15) is 0 Å². The summed E-state index contributed by atoms with van der Waals surface area (Å²) >= 11 is 3.46. The van der Waals surface area contributed by atoms with E-state index in [4.69, 9.17) is 0 Å². The molecule has 1 aliphatic rings. The smallest absolute Gasteiger partial charge is 0.195 e. The Morgan fingerprint density at radius 1 is 1.17 bits per heavy atom. The second-order valence-electron chi connectivity index (χ2n) is 6.97. The molecule has 0 saturated carbocycles. The summed E-state index contributed by atoms with van der Waals surface area (Å²) < 4.78 is 4.29. The Labute approximate surface area is 177 Å². The van der Waals surface area contributed by atoms with E-state index in [0.717, 1.165) is 38.9 Å². The standard InChI is InChI=1S/C20H19N7S2/c1-13-5-6-17(14(2)8-13)26-12-22-24-19(26)28-10-16-11-29-20-25-23-18(27(16)20)15-4-3-7-21-9-15/h3-9,12,16H,10-11H2,1-2H3. The van der Waals surface area contributed by atoms with E-state index < -0.39 is 0 Å². The molecule has 1 aliphatic heterocycles. The number of benzene rings is 1. The maximum atomic E-state index is 4.40. The molecule has 4 aromatic rings. The zero-order chi connectivity index (χ0) is 19.8. The third kappa shape index (κ3) is 3.44. The summed E-state index contributed by atoms with van der Waals surface area (Å²) in [6, 6.07) is 10.7. The molecule has 7 nitrogen and oxygen atoms in total. The molecule has 0 aliphatic carbocycles. The third-order valence-corrected chi connectivity index (χ3v) is 7.06. The number of aryl methyl sites for hydroxylation is 2. The number of pyridine rings is 1.